The Morgan fingerprint density at radius 2 is 0.606 bits per heavy atom. The summed E-state index contributed by atoms with van der Waals surface area (Å²) in [5.74, 6) is -0.909. The lowest BCUT2D eigenvalue weighted by atomic mass is 10.1. The second kappa shape index (κ2) is 54.7. The van der Waals surface area contributed by atoms with Crippen LogP contribution in [-0.2, 0) is 28.6 Å². The number of esters is 3. The average molecular weight is 924 g/mol. The predicted octanol–water partition coefficient (Wildman–Crippen LogP) is 18.8. The van der Waals surface area contributed by atoms with Gasteiger partial charge in [0, 0.05) is 19.3 Å². The van der Waals surface area contributed by atoms with E-state index in [4.69, 9.17) is 14.2 Å². The molecule has 0 saturated carbocycles. The van der Waals surface area contributed by atoms with E-state index in [1.165, 1.54) is 161 Å². The van der Waals surface area contributed by atoms with Crippen LogP contribution in [-0.4, -0.2) is 37.2 Å². The summed E-state index contributed by atoms with van der Waals surface area (Å²) in [7, 11) is 0. The zero-order chi connectivity index (χ0) is 47.9. The normalized spacial score (nSPS) is 12.5. The van der Waals surface area contributed by atoms with Crippen LogP contribution in [0.1, 0.15) is 284 Å². The van der Waals surface area contributed by atoms with Crippen molar-refractivity contribution in [2.24, 2.45) is 0 Å². The summed E-state index contributed by atoms with van der Waals surface area (Å²) >= 11 is 0. The van der Waals surface area contributed by atoms with Crippen LogP contribution in [0.3, 0.4) is 0 Å². The van der Waals surface area contributed by atoms with Crippen LogP contribution in [0, 0.1) is 0 Å². The first kappa shape index (κ1) is 63.1. The van der Waals surface area contributed by atoms with Crippen molar-refractivity contribution < 1.29 is 28.6 Å². The smallest absolute Gasteiger partial charge is 0.306 e. The maximum atomic E-state index is 12.8. The molecule has 66 heavy (non-hydrogen) atoms. The van der Waals surface area contributed by atoms with Gasteiger partial charge in [0.05, 0.1) is 0 Å². The monoisotopic (exact) mass is 923 g/mol. The Morgan fingerprint density at radius 3 is 0.970 bits per heavy atom. The van der Waals surface area contributed by atoms with Crippen LogP contribution in [0.25, 0.3) is 0 Å². The van der Waals surface area contributed by atoms with Crippen molar-refractivity contribution >= 4 is 17.9 Å². The molecule has 0 heterocycles. The van der Waals surface area contributed by atoms with Gasteiger partial charge in [-0.3, -0.25) is 14.4 Å². The molecular weight excluding hydrogens is 817 g/mol. The number of hydrogen-bond donors (Lipinski definition) is 0. The number of hydrogen-bond acceptors (Lipinski definition) is 6. The van der Waals surface area contributed by atoms with E-state index in [9.17, 15) is 14.4 Å². The van der Waals surface area contributed by atoms with Gasteiger partial charge in [0.25, 0.3) is 0 Å². The molecule has 1 atom stereocenters. The molecule has 0 aliphatic heterocycles. The third-order valence-corrected chi connectivity index (χ3v) is 12.3. The summed E-state index contributed by atoms with van der Waals surface area (Å²) in [6.45, 7) is 6.50. The molecular formula is C60H106O6. The molecule has 0 aromatic rings. The molecule has 0 fully saturated rings. The minimum atomic E-state index is -0.788. The third kappa shape index (κ3) is 52.1. The molecule has 0 aromatic heterocycles. The number of carbonyl (C=O) groups is 3. The molecule has 6 nitrogen and oxygen atoms in total. The highest BCUT2D eigenvalue weighted by Gasteiger charge is 2.19. The number of unbranched alkanes of at least 4 members (excludes halogenated alkanes) is 32. The Hall–Kier alpha value is -2.89. The molecule has 6 heteroatoms. The van der Waals surface area contributed by atoms with Crippen LogP contribution in [0.5, 0.6) is 0 Å². The molecule has 0 N–H and O–H groups in total. The Morgan fingerprint density at radius 1 is 0.318 bits per heavy atom. The van der Waals surface area contributed by atoms with E-state index in [2.05, 4.69) is 81.5 Å². The van der Waals surface area contributed by atoms with Gasteiger partial charge in [-0.25, -0.2) is 0 Å². The van der Waals surface area contributed by atoms with E-state index in [1.807, 2.05) is 0 Å². The van der Waals surface area contributed by atoms with Gasteiger partial charge < -0.3 is 14.2 Å². The van der Waals surface area contributed by atoms with E-state index in [-0.39, 0.29) is 31.1 Å². The molecule has 382 valence electrons. The van der Waals surface area contributed by atoms with E-state index < -0.39 is 6.10 Å². The second-order valence-electron chi connectivity index (χ2n) is 18.9. The summed E-state index contributed by atoms with van der Waals surface area (Å²) in [5, 5.41) is 0. The summed E-state index contributed by atoms with van der Waals surface area (Å²) in [5.41, 5.74) is 0. The quantitative estimate of drug-likeness (QED) is 0.0199. The molecule has 0 amide bonds. The highest BCUT2D eigenvalue weighted by Crippen LogP contribution is 2.15. The first-order chi connectivity index (χ1) is 32.5. The Labute approximate surface area is 409 Å². The van der Waals surface area contributed by atoms with E-state index >= 15 is 0 Å². The van der Waals surface area contributed by atoms with Crippen molar-refractivity contribution in [2.45, 2.75) is 290 Å². The van der Waals surface area contributed by atoms with Crippen molar-refractivity contribution in [3.63, 3.8) is 0 Å². The highest BCUT2D eigenvalue weighted by atomic mass is 16.6. The fraction of sp³-hybridized carbons (Fsp3) is 0.783. The molecule has 0 rings (SSSR count). The lowest BCUT2D eigenvalue weighted by Crippen LogP contribution is -2.30. The van der Waals surface area contributed by atoms with Gasteiger partial charge in [-0.1, -0.05) is 236 Å². The molecule has 0 saturated heterocycles. The van der Waals surface area contributed by atoms with Crippen molar-refractivity contribution in [3.8, 4) is 0 Å². The van der Waals surface area contributed by atoms with Gasteiger partial charge in [-0.05, 0) is 89.9 Å². The molecule has 0 aliphatic rings. The Kier molecular flexibility index (Phi) is 52.3. The lowest BCUT2D eigenvalue weighted by Gasteiger charge is -2.18. The second-order valence-corrected chi connectivity index (χ2v) is 18.9. The summed E-state index contributed by atoms with van der Waals surface area (Å²) in [4.78, 5) is 38.1. The van der Waals surface area contributed by atoms with Crippen molar-refractivity contribution in [1.82, 2.24) is 0 Å². The summed E-state index contributed by atoms with van der Waals surface area (Å²) in [6, 6.07) is 0. The SMILES string of the molecule is CC\C=C/C=C\C=C/CCCCCCCCCC(=O)OC(COC(=O)CCCCC/C=C\CCCCCCCCC)COC(=O)CCCCCCCCC/C=C\CCCCCCCCCC. The van der Waals surface area contributed by atoms with Gasteiger partial charge in [0.2, 0.25) is 0 Å². The topological polar surface area (TPSA) is 78.9 Å². The first-order valence-electron chi connectivity index (χ1n) is 28.3. The van der Waals surface area contributed by atoms with Crippen molar-refractivity contribution in [2.75, 3.05) is 13.2 Å². The number of rotatable bonds is 51. The third-order valence-electron chi connectivity index (χ3n) is 12.3. The molecule has 0 bridgehead atoms. The Bertz CT molecular complexity index is 1200. The lowest BCUT2D eigenvalue weighted by molar-refractivity contribution is -0.167. The highest BCUT2D eigenvalue weighted by molar-refractivity contribution is 5.71. The molecule has 0 aliphatic carbocycles. The number of ether oxygens (including phenoxy) is 3. The van der Waals surface area contributed by atoms with Gasteiger partial charge in [0.1, 0.15) is 13.2 Å². The minimum Gasteiger partial charge on any atom is -0.462 e. The zero-order valence-electron chi connectivity index (χ0n) is 43.7. The maximum absolute atomic E-state index is 12.8. The Balaban J connectivity index is 4.38. The largest absolute Gasteiger partial charge is 0.462 e. The van der Waals surface area contributed by atoms with Gasteiger partial charge in [0.15, 0.2) is 6.10 Å². The van der Waals surface area contributed by atoms with Gasteiger partial charge in [-0.2, -0.15) is 0 Å². The minimum absolute atomic E-state index is 0.0853. The molecule has 0 aromatic carbocycles. The molecule has 0 spiro atoms. The standard InChI is InChI=1S/C60H106O6/c1-4-7-10-13-16-19-22-25-28-29-30-31-33-35-38-41-44-47-50-53-59(62)65-56-57(55-64-58(61)52-49-46-43-40-37-34-27-24-21-18-15-12-9-6-3)66-60(63)54-51-48-45-42-39-36-32-26-23-20-17-14-11-8-5-2/h8,11,14,17,20,23,29-30,34,37,57H,4-7,9-10,12-13,15-16,18-19,21-22,24-28,31-33,35-36,38-56H2,1-3H3/b11-8-,17-14-,23-20-,30-29-,37-34-. The van der Waals surface area contributed by atoms with E-state index in [1.54, 1.807) is 0 Å². The number of carbonyl (C=O) groups excluding carboxylic acids is 3. The van der Waals surface area contributed by atoms with Crippen LogP contribution >= 0.6 is 0 Å². The van der Waals surface area contributed by atoms with Gasteiger partial charge in [-0.15, -0.1) is 0 Å². The van der Waals surface area contributed by atoms with Crippen LogP contribution < -0.4 is 0 Å². The van der Waals surface area contributed by atoms with Crippen molar-refractivity contribution in [3.05, 3.63) is 60.8 Å². The first-order valence-corrected chi connectivity index (χ1v) is 28.3. The predicted molar refractivity (Wildman–Crippen MR) is 284 cm³/mol. The van der Waals surface area contributed by atoms with Crippen LogP contribution in [0.2, 0.25) is 0 Å². The maximum Gasteiger partial charge on any atom is 0.306 e. The van der Waals surface area contributed by atoms with E-state index in [0.717, 1.165) is 83.5 Å². The zero-order valence-corrected chi connectivity index (χ0v) is 43.7. The van der Waals surface area contributed by atoms with Crippen LogP contribution in [0.4, 0.5) is 0 Å². The number of allylic oxidation sites excluding steroid dienone is 10. The average Bonchev–Trinajstić information content (AvgIpc) is 3.31. The van der Waals surface area contributed by atoms with E-state index in [0.29, 0.717) is 19.3 Å². The summed E-state index contributed by atoms with van der Waals surface area (Å²) < 4.78 is 16.8. The van der Waals surface area contributed by atoms with Crippen molar-refractivity contribution in [1.29, 1.82) is 0 Å². The molecule has 1 unspecified atom stereocenters. The fourth-order valence-electron chi connectivity index (χ4n) is 8.02. The fourth-order valence-corrected chi connectivity index (χ4v) is 8.02. The van der Waals surface area contributed by atoms with Gasteiger partial charge >= 0.3 is 17.9 Å². The summed E-state index contributed by atoms with van der Waals surface area (Å²) in [6.07, 6.45) is 67.8. The molecule has 0 radical (unpaired) electrons. The van der Waals surface area contributed by atoms with Crippen LogP contribution in [0.15, 0.2) is 60.8 Å².